The molecular weight excluding hydrogens is 482 g/mol. The quantitative estimate of drug-likeness (QED) is 0.126. The lowest BCUT2D eigenvalue weighted by Crippen LogP contribution is -2.07. The van der Waals surface area contributed by atoms with Gasteiger partial charge in [0.05, 0.1) is 0 Å². The zero-order valence-corrected chi connectivity index (χ0v) is 28.9. The molecule has 3 atom stereocenters. The van der Waals surface area contributed by atoms with Gasteiger partial charge in [-0.2, -0.15) is 0 Å². The summed E-state index contributed by atoms with van der Waals surface area (Å²) in [7, 11) is 0. The second kappa shape index (κ2) is 21.7. The van der Waals surface area contributed by atoms with E-state index >= 15 is 0 Å². The average molecular weight is 556 g/mol. The third-order valence-corrected chi connectivity index (χ3v) is 9.30. The first-order valence-electron chi connectivity index (χ1n) is 17.9. The Balaban J connectivity index is 2.79. The van der Waals surface area contributed by atoms with Crippen LogP contribution in [0.25, 0.3) is 0 Å². The number of nitrogen functional groups attached to an aromatic ring is 1. The molecule has 234 valence electrons. The smallest absolute Gasteiger partial charge is 0.0319 e. The first-order valence-corrected chi connectivity index (χ1v) is 17.9. The zero-order valence-electron chi connectivity index (χ0n) is 28.9. The molecule has 40 heavy (non-hydrogen) atoms. The van der Waals surface area contributed by atoms with E-state index in [9.17, 15) is 0 Å². The first kappa shape index (κ1) is 37.0. The highest BCUT2D eigenvalue weighted by Gasteiger charge is 2.14. The SMILES string of the molecule is CC(C)CCC[C@@H](C)CCCc1cc(N)cc(CCC[C@H](C)CCCC(C)C)c1CCC[C@H](C)CCCC(C)C. The molecule has 0 aromatic heterocycles. The third kappa shape index (κ3) is 18.5. The maximum atomic E-state index is 6.54. The van der Waals surface area contributed by atoms with Crippen molar-refractivity contribution in [2.24, 2.45) is 35.5 Å². The fourth-order valence-corrected chi connectivity index (χ4v) is 6.56. The van der Waals surface area contributed by atoms with Crippen molar-refractivity contribution in [3.8, 4) is 0 Å². The maximum absolute atomic E-state index is 6.54. The minimum absolute atomic E-state index is 0.835. The van der Waals surface area contributed by atoms with Gasteiger partial charge in [-0.15, -0.1) is 0 Å². The largest absolute Gasteiger partial charge is 0.399 e. The molecular formula is C39H73N. The van der Waals surface area contributed by atoms with Crippen molar-refractivity contribution < 1.29 is 0 Å². The number of aryl methyl sites for hydroxylation is 2. The van der Waals surface area contributed by atoms with E-state index < -0.39 is 0 Å². The van der Waals surface area contributed by atoms with Crippen molar-refractivity contribution in [2.45, 2.75) is 178 Å². The Morgan fingerprint density at radius 1 is 0.425 bits per heavy atom. The van der Waals surface area contributed by atoms with Crippen LogP contribution < -0.4 is 5.73 Å². The summed E-state index contributed by atoms with van der Waals surface area (Å²) in [5.41, 5.74) is 12.3. The summed E-state index contributed by atoms with van der Waals surface area (Å²) in [5, 5.41) is 0. The molecule has 0 heterocycles. The third-order valence-electron chi connectivity index (χ3n) is 9.30. The van der Waals surface area contributed by atoms with Crippen LogP contribution in [-0.2, 0) is 19.3 Å². The highest BCUT2D eigenvalue weighted by atomic mass is 14.5. The molecule has 1 aromatic rings. The average Bonchev–Trinajstić information content (AvgIpc) is 2.84. The summed E-state index contributed by atoms with van der Waals surface area (Å²) >= 11 is 0. The summed E-state index contributed by atoms with van der Waals surface area (Å²) in [6, 6.07) is 4.67. The summed E-state index contributed by atoms with van der Waals surface area (Å²) in [6.07, 6.45) is 24.1. The van der Waals surface area contributed by atoms with Gasteiger partial charge in [-0.05, 0) is 103 Å². The second-order valence-corrected chi connectivity index (χ2v) is 15.3. The Hall–Kier alpha value is -0.980. The van der Waals surface area contributed by atoms with Crippen LogP contribution in [0.3, 0.4) is 0 Å². The summed E-state index contributed by atoms with van der Waals surface area (Å²) in [4.78, 5) is 0. The van der Waals surface area contributed by atoms with Gasteiger partial charge in [-0.1, -0.05) is 139 Å². The fourth-order valence-electron chi connectivity index (χ4n) is 6.56. The summed E-state index contributed by atoms with van der Waals surface area (Å²) in [6.45, 7) is 21.5. The monoisotopic (exact) mass is 556 g/mol. The molecule has 0 saturated heterocycles. The normalized spacial score (nSPS) is 14.4. The molecule has 0 fully saturated rings. The van der Waals surface area contributed by atoms with Crippen LogP contribution in [0.4, 0.5) is 5.69 Å². The predicted molar refractivity (Wildman–Crippen MR) is 183 cm³/mol. The number of hydrogen-bond acceptors (Lipinski definition) is 1. The van der Waals surface area contributed by atoms with E-state index in [2.05, 4.69) is 74.4 Å². The van der Waals surface area contributed by atoms with E-state index in [4.69, 9.17) is 5.73 Å². The van der Waals surface area contributed by atoms with Crippen LogP contribution in [0, 0.1) is 35.5 Å². The molecule has 0 radical (unpaired) electrons. The molecule has 0 bridgehead atoms. The van der Waals surface area contributed by atoms with Crippen molar-refractivity contribution in [1.82, 2.24) is 0 Å². The van der Waals surface area contributed by atoms with Gasteiger partial charge in [-0.25, -0.2) is 0 Å². The molecule has 0 unspecified atom stereocenters. The number of rotatable bonds is 24. The molecule has 0 aliphatic carbocycles. The molecule has 1 nitrogen and oxygen atoms in total. The molecule has 1 heteroatoms. The molecule has 0 aliphatic rings. The Morgan fingerprint density at radius 3 is 1.05 bits per heavy atom. The van der Waals surface area contributed by atoms with Gasteiger partial charge in [0, 0.05) is 5.69 Å². The molecule has 0 amide bonds. The van der Waals surface area contributed by atoms with E-state index in [1.165, 1.54) is 116 Å². The van der Waals surface area contributed by atoms with Gasteiger partial charge in [0.1, 0.15) is 0 Å². The lowest BCUT2D eigenvalue weighted by atomic mass is 9.87. The number of anilines is 1. The van der Waals surface area contributed by atoms with Crippen molar-refractivity contribution in [3.05, 3.63) is 28.8 Å². The lowest BCUT2D eigenvalue weighted by molar-refractivity contribution is 0.423. The maximum Gasteiger partial charge on any atom is 0.0319 e. The lowest BCUT2D eigenvalue weighted by Gasteiger charge is -2.19. The number of nitrogens with two attached hydrogens (primary N) is 1. The molecule has 2 N–H and O–H groups in total. The van der Waals surface area contributed by atoms with Crippen LogP contribution in [0.2, 0.25) is 0 Å². The summed E-state index contributed by atoms with van der Waals surface area (Å²) < 4.78 is 0. The van der Waals surface area contributed by atoms with E-state index in [1.807, 2.05) is 0 Å². The van der Waals surface area contributed by atoms with Crippen LogP contribution in [0.5, 0.6) is 0 Å². The number of benzene rings is 1. The highest BCUT2D eigenvalue weighted by Crippen LogP contribution is 2.28. The van der Waals surface area contributed by atoms with Crippen molar-refractivity contribution in [3.63, 3.8) is 0 Å². The molecule has 0 aliphatic heterocycles. The topological polar surface area (TPSA) is 26.0 Å². The molecule has 1 rings (SSSR count). The van der Waals surface area contributed by atoms with Crippen LogP contribution >= 0.6 is 0 Å². The van der Waals surface area contributed by atoms with Gasteiger partial charge < -0.3 is 5.73 Å². The zero-order chi connectivity index (χ0) is 29.9. The van der Waals surface area contributed by atoms with Crippen molar-refractivity contribution in [2.75, 3.05) is 5.73 Å². The predicted octanol–water partition coefficient (Wildman–Crippen LogP) is 12.6. The van der Waals surface area contributed by atoms with Gasteiger partial charge in [-0.3, -0.25) is 0 Å². The Kier molecular flexibility index (Phi) is 20.1. The number of hydrogen-bond donors (Lipinski definition) is 1. The van der Waals surface area contributed by atoms with E-state index in [-0.39, 0.29) is 0 Å². The molecule has 0 spiro atoms. The first-order chi connectivity index (χ1) is 19.0. The summed E-state index contributed by atoms with van der Waals surface area (Å²) in [5.74, 6) is 5.03. The Bertz CT molecular complexity index is 698. The van der Waals surface area contributed by atoms with Crippen LogP contribution in [0.1, 0.15) is 175 Å². The second-order valence-electron chi connectivity index (χ2n) is 15.3. The van der Waals surface area contributed by atoms with Crippen LogP contribution in [0.15, 0.2) is 12.1 Å². The molecule has 1 aromatic carbocycles. The van der Waals surface area contributed by atoms with Gasteiger partial charge in [0.25, 0.3) is 0 Å². The van der Waals surface area contributed by atoms with E-state index in [1.54, 1.807) is 16.7 Å². The fraction of sp³-hybridized carbons (Fsp3) is 0.846. The van der Waals surface area contributed by atoms with E-state index in [0.29, 0.717) is 0 Å². The van der Waals surface area contributed by atoms with Crippen LogP contribution in [-0.4, -0.2) is 0 Å². The molecule has 0 saturated carbocycles. The Morgan fingerprint density at radius 2 is 0.725 bits per heavy atom. The minimum Gasteiger partial charge on any atom is -0.399 e. The van der Waals surface area contributed by atoms with Gasteiger partial charge in [0.2, 0.25) is 0 Å². The van der Waals surface area contributed by atoms with Crippen molar-refractivity contribution in [1.29, 1.82) is 0 Å². The minimum atomic E-state index is 0.835. The van der Waals surface area contributed by atoms with Crippen molar-refractivity contribution >= 4 is 5.69 Å². The standard InChI is InChI=1S/C39H73N/c1-30(2)16-10-19-33(7)22-13-25-36-28-38(40)29-37(26-14-23-34(8)20-11-17-31(3)4)39(36)27-15-24-35(9)21-12-18-32(5)6/h28-35H,10-27,40H2,1-9H3/t33-,34-,35-/m1/s1. The van der Waals surface area contributed by atoms with Gasteiger partial charge in [0.15, 0.2) is 0 Å². The highest BCUT2D eigenvalue weighted by molar-refractivity contribution is 5.50. The Labute approximate surface area is 253 Å². The van der Waals surface area contributed by atoms with E-state index in [0.717, 1.165) is 41.2 Å². The van der Waals surface area contributed by atoms with Gasteiger partial charge >= 0.3 is 0 Å².